The summed E-state index contributed by atoms with van der Waals surface area (Å²) in [5, 5.41) is 4.37. The van der Waals surface area contributed by atoms with Crippen molar-refractivity contribution in [3.05, 3.63) is 23.8 Å². The lowest BCUT2D eigenvalue weighted by Gasteiger charge is -2.17. The highest BCUT2D eigenvalue weighted by Crippen LogP contribution is 2.32. The van der Waals surface area contributed by atoms with Crippen LogP contribution < -0.4 is 10.1 Å². The van der Waals surface area contributed by atoms with Crippen LogP contribution in [-0.4, -0.2) is 12.5 Å². The zero-order valence-corrected chi connectivity index (χ0v) is 8.12. The number of fused-ring (bicyclic) bond motifs is 1. The standard InChI is InChI=1S/C11H12NO2/c1-8(13)14-10-6-2-4-9-5-3-7-12-11(9)10/h2,4,6H,3,5,7H2,1H3. The van der Waals surface area contributed by atoms with E-state index in [1.807, 2.05) is 12.1 Å². The average Bonchev–Trinajstić information content (AvgIpc) is 2.18. The molecule has 0 aromatic heterocycles. The second-order valence-corrected chi connectivity index (χ2v) is 3.34. The number of para-hydroxylation sites is 1. The summed E-state index contributed by atoms with van der Waals surface area (Å²) in [5.74, 6) is 0.300. The highest BCUT2D eigenvalue weighted by atomic mass is 16.5. The van der Waals surface area contributed by atoms with E-state index in [0.717, 1.165) is 25.1 Å². The first kappa shape index (κ1) is 9.06. The SMILES string of the molecule is CC(=O)Oc1cccc2c1[N]CCC2. The van der Waals surface area contributed by atoms with Gasteiger partial charge in [0.2, 0.25) is 0 Å². The van der Waals surface area contributed by atoms with Gasteiger partial charge in [-0.3, -0.25) is 10.1 Å². The third-order valence-corrected chi connectivity index (χ3v) is 2.21. The molecule has 73 valence electrons. The van der Waals surface area contributed by atoms with E-state index in [-0.39, 0.29) is 5.97 Å². The van der Waals surface area contributed by atoms with Crippen LogP contribution in [0.25, 0.3) is 0 Å². The number of nitrogens with zero attached hydrogens (tertiary/aromatic N) is 1. The average molecular weight is 190 g/mol. The molecule has 0 N–H and O–H groups in total. The van der Waals surface area contributed by atoms with E-state index in [1.165, 1.54) is 12.5 Å². The molecule has 14 heavy (non-hydrogen) atoms. The van der Waals surface area contributed by atoms with Crippen LogP contribution in [0.5, 0.6) is 5.75 Å². The zero-order chi connectivity index (χ0) is 9.97. The number of aryl methyl sites for hydroxylation is 1. The summed E-state index contributed by atoms with van der Waals surface area (Å²) in [7, 11) is 0. The van der Waals surface area contributed by atoms with Crippen molar-refractivity contribution in [1.29, 1.82) is 0 Å². The van der Waals surface area contributed by atoms with Crippen molar-refractivity contribution in [2.45, 2.75) is 19.8 Å². The van der Waals surface area contributed by atoms with Gasteiger partial charge in [0.1, 0.15) is 5.69 Å². The number of rotatable bonds is 1. The minimum atomic E-state index is -0.292. The monoisotopic (exact) mass is 190 g/mol. The molecule has 0 spiro atoms. The highest BCUT2D eigenvalue weighted by Gasteiger charge is 2.15. The molecule has 1 aromatic carbocycles. The number of hydrogen-bond acceptors (Lipinski definition) is 2. The van der Waals surface area contributed by atoms with Crippen LogP contribution in [0.1, 0.15) is 18.9 Å². The summed E-state index contributed by atoms with van der Waals surface area (Å²) in [6.07, 6.45) is 2.10. The van der Waals surface area contributed by atoms with E-state index in [1.54, 1.807) is 6.07 Å². The van der Waals surface area contributed by atoms with Crippen molar-refractivity contribution in [3.63, 3.8) is 0 Å². The fraction of sp³-hybridized carbons (Fsp3) is 0.364. The largest absolute Gasteiger partial charge is 0.424 e. The molecule has 0 fully saturated rings. The maximum Gasteiger partial charge on any atom is 0.308 e. The van der Waals surface area contributed by atoms with E-state index in [0.29, 0.717) is 5.75 Å². The lowest BCUT2D eigenvalue weighted by atomic mass is 10.0. The van der Waals surface area contributed by atoms with Crippen LogP contribution in [0.15, 0.2) is 18.2 Å². The van der Waals surface area contributed by atoms with Crippen LogP contribution in [-0.2, 0) is 11.2 Å². The van der Waals surface area contributed by atoms with Crippen LogP contribution in [0, 0.1) is 0 Å². The quantitative estimate of drug-likeness (QED) is 0.500. The van der Waals surface area contributed by atoms with Crippen molar-refractivity contribution >= 4 is 11.7 Å². The number of esters is 1. The molecule has 0 atom stereocenters. The van der Waals surface area contributed by atoms with Crippen molar-refractivity contribution in [1.82, 2.24) is 5.32 Å². The highest BCUT2D eigenvalue weighted by molar-refractivity contribution is 5.72. The van der Waals surface area contributed by atoms with Gasteiger partial charge in [0.05, 0.1) is 0 Å². The van der Waals surface area contributed by atoms with Gasteiger partial charge < -0.3 is 4.74 Å². The van der Waals surface area contributed by atoms with Crippen molar-refractivity contribution in [2.24, 2.45) is 0 Å². The van der Waals surface area contributed by atoms with Gasteiger partial charge in [-0.15, -0.1) is 0 Å². The van der Waals surface area contributed by atoms with Crippen LogP contribution in [0.2, 0.25) is 0 Å². The molecule has 0 aliphatic carbocycles. The van der Waals surface area contributed by atoms with Gasteiger partial charge in [0, 0.05) is 13.5 Å². The molecule has 1 aromatic rings. The summed E-state index contributed by atoms with van der Waals surface area (Å²) in [6, 6.07) is 5.72. The maximum atomic E-state index is 10.8. The van der Waals surface area contributed by atoms with Gasteiger partial charge in [-0.25, -0.2) is 0 Å². The molecule has 3 nitrogen and oxygen atoms in total. The molecule has 0 saturated carbocycles. The van der Waals surface area contributed by atoms with Crippen LogP contribution >= 0.6 is 0 Å². The first-order valence-corrected chi connectivity index (χ1v) is 4.75. The number of carbonyl (C=O) groups excluding carboxylic acids is 1. The summed E-state index contributed by atoms with van der Waals surface area (Å²) in [5.41, 5.74) is 2.03. The molecular formula is C11H12NO2. The molecule has 1 heterocycles. The molecule has 0 unspecified atom stereocenters. The Labute approximate surface area is 83.1 Å². The topological polar surface area (TPSA) is 40.4 Å². The molecule has 0 amide bonds. The molecule has 2 rings (SSSR count). The number of carbonyl (C=O) groups is 1. The van der Waals surface area contributed by atoms with Gasteiger partial charge in [-0.05, 0) is 24.5 Å². The Hall–Kier alpha value is -1.51. The van der Waals surface area contributed by atoms with E-state index in [9.17, 15) is 4.79 Å². The molecule has 1 radical (unpaired) electrons. The Morgan fingerprint density at radius 1 is 1.50 bits per heavy atom. The zero-order valence-electron chi connectivity index (χ0n) is 8.12. The van der Waals surface area contributed by atoms with Crippen molar-refractivity contribution in [3.8, 4) is 5.75 Å². The minimum absolute atomic E-state index is 0.292. The first-order chi connectivity index (χ1) is 6.77. The third-order valence-electron chi connectivity index (χ3n) is 2.21. The molecule has 0 saturated heterocycles. The third kappa shape index (κ3) is 1.71. The maximum absolute atomic E-state index is 10.8. The molecule has 1 aliphatic rings. The summed E-state index contributed by atoms with van der Waals surface area (Å²) in [6.45, 7) is 2.23. The van der Waals surface area contributed by atoms with E-state index >= 15 is 0 Å². The Balaban J connectivity index is 2.35. The molecule has 0 bridgehead atoms. The van der Waals surface area contributed by atoms with Gasteiger partial charge in [-0.2, -0.15) is 0 Å². The van der Waals surface area contributed by atoms with Gasteiger partial charge in [-0.1, -0.05) is 12.1 Å². The van der Waals surface area contributed by atoms with Gasteiger partial charge in [0.25, 0.3) is 0 Å². The van der Waals surface area contributed by atoms with E-state index in [2.05, 4.69) is 5.32 Å². The van der Waals surface area contributed by atoms with Crippen molar-refractivity contribution < 1.29 is 9.53 Å². The van der Waals surface area contributed by atoms with Gasteiger partial charge >= 0.3 is 5.97 Å². The Bertz CT molecular complexity index is 360. The first-order valence-electron chi connectivity index (χ1n) is 4.75. The Morgan fingerprint density at radius 2 is 2.36 bits per heavy atom. The summed E-state index contributed by atoms with van der Waals surface area (Å²) in [4.78, 5) is 10.8. The fourth-order valence-electron chi connectivity index (χ4n) is 1.65. The molecular weight excluding hydrogens is 178 g/mol. The number of hydrogen-bond donors (Lipinski definition) is 0. The van der Waals surface area contributed by atoms with Crippen LogP contribution in [0.3, 0.4) is 0 Å². The predicted octanol–water partition coefficient (Wildman–Crippen LogP) is 1.79. The normalized spacial score (nSPS) is 14.1. The van der Waals surface area contributed by atoms with E-state index in [4.69, 9.17) is 4.74 Å². The Morgan fingerprint density at radius 3 is 3.14 bits per heavy atom. The lowest BCUT2D eigenvalue weighted by molar-refractivity contribution is -0.131. The second kappa shape index (κ2) is 3.70. The molecule has 1 aliphatic heterocycles. The predicted molar refractivity (Wildman–Crippen MR) is 52.7 cm³/mol. The number of ether oxygens (including phenoxy) is 1. The fourth-order valence-corrected chi connectivity index (χ4v) is 1.65. The smallest absolute Gasteiger partial charge is 0.308 e. The molecule has 3 heteroatoms. The van der Waals surface area contributed by atoms with E-state index < -0.39 is 0 Å². The van der Waals surface area contributed by atoms with Gasteiger partial charge in [0.15, 0.2) is 5.75 Å². The minimum Gasteiger partial charge on any atom is -0.424 e. The van der Waals surface area contributed by atoms with Crippen LogP contribution in [0.4, 0.5) is 5.69 Å². The van der Waals surface area contributed by atoms with Crippen molar-refractivity contribution in [2.75, 3.05) is 6.54 Å². The summed E-state index contributed by atoms with van der Waals surface area (Å²) < 4.78 is 5.08. The Kier molecular flexibility index (Phi) is 2.39. The summed E-state index contributed by atoms with van der Waals surface area (Å²) >= 11 is 0. The lowest BCUT2D eigenvalue weighted by Crippen LogP contribution is -2.13. The number of benzene rings is 1. The second-order valence-electron chi connectivity index (χ2n) is 3.34.